The van der Waals surface area contributed by atoms with E-state index in [4.69, 9.17) is 21.1 Å². The summed E-state index contributed by atoms with van der Waals surface area (Å²) in [5.74, 6) is -0.175. The molecule has 0 aliphatic carbocycles. The summed E-state index contributed by atoms with van der Waals surface area (Å²) in [5, 5.41) is 2.61. The maximum Gasteiger partial charge on any atom is 0.347 e. The lowest BCUT2D eigenvalue weighted by atomic mass is 10.2. The molecule has 2 aromatic rings. The highest BCUT2D eigenvalue weighted by atomic mass is 35.5. The van der Waals surface area contributed by atoms with Gasteiger partial charge in [-0.1, -0.05) is 17.7 Å². The monoisotopic (exact) mass is 407 g/mol. The van der Waals surface area contributed by atoms with E-state index in [0.717, 1.165) is 18.4 Å². The van der Waals surface area contributed by atoms with E-state index in [1.807, 2.05) is 24.4 Å². The Balaban J connectivity index is 1.52. The predicted octanol–water partition coefficient (Wildman–Crippen LogP) is 4.38. The molecule has 2 atom stereocenters. The number of carbonyl (C=O) groups excluding carboxylic acids is 2. The van der Waals surface area contributed by atoms with E-state index in [1.165, 1.54) is 4.88 Å². The average molecular weight is 408 g/mol. The van der Waals surface area contributed by atoms with Crippen molar-refractivity contribution < 1.29 is 19.1 Å². The molecule has 1 aromatic heterocycles. The first-order chi connectivity index (χ1) is 13.0. The fourth-order valence-corrected chi connectivity index (χ4v) is 4.26. The number of likely N-dealkylation sites (tertiary alicyclic amines) is 1. The van der Waals surface area contributed by atoms with Crippen molar-refractivity contribution in [3.63, 3.8) is 0 Å². The molecule has 5 nitrogen and oxygen atoms in total. The maximum atomic E-state index is 12.5. The van der Waals surface area contributed by atoms with Crippen LogP contribution in [0.2, 0.25) is 5.02 Å². The van der Waals surface area contributed by atoms with E-state index in [-0.39, 0.29) is 18.6 Å². The first-order valence-electron chi connectivity index (χ1n) is 8.88. The average Bonchev–Trinajstić information content (AvgIpc) is 3.32. The molecule has 1 aromatic carbocycles. The number of halogens is 1. The van der Waals surface area contributed by atoms with Crippen LogP contribution in [-0.2, 0) is 14.3 Å². The number of nitrogens with zero attached hydrogens (tertiary/aromatic N) is 1. The molecule has 0 N–H and O–H groups in total. The van der Waals surface area contributed by atoms with E-state index in [1.54, 1.807) is 41.4 Å². The van der Waals surface area contributed by atoms with Crippen molar-refractivity contribution in [1.82, 2.24) is 4.90 Å². The largest absolute Gasteiger partial charge is 0.479 e. The van der Waals surface area contributed by atoms with E-state index >= 15 is 0 Å². The van der Waals surface area contributed by atoms with Crippen LogP contribution < -0.4 is 4.74 Å². The summed E-state index contributed by atoms with van der Waals surface area (Å²) in [7, 11) is 0. The first-order valence-corrected chi connectivity index (χ1v) is 10.1. The van der Waals surface area contributed by atoms with Crippen LogP contribution in [0.1, 0.15) is 36.2 Å². The fraction of sp³-hybridized carbons (Fsp3) is 0.400. The van der Waals surface area contributed by atoms with E-state index < -0.39 is 12.1 Å². The molecule has 0 spiro atoms. The lowest BCUT2D eigenvalue weighted by Gasteiger charge is -2.24. The fourth-order valence-electron chi connectivity index (χ4n) is 3.16. The third kappa shape index (κ3) is 4.82. The Labute approximate surface area is 167 Å². The van der Waals surface area contributed by atoms with Gasteiger partial charge in [0.25, 0.3) is 5.91 Å². The zero-order valence-electron chi connectivity index (χ0n) is 15.3. The van der Waals surface area contributed by atoms with Gasteiger partial charge in [0.15, 0.2) is 12.7 Å². The minimum atomic E-state index is -0.815. The molecule has 7 heteroatoms. The van der Waals surface area contributed by atoms with Gasteiger partial charge in [0.2, 0.25) is 0 Å². The number of amides is 1. The standard InChI is InChI=1S/C20H22ClNO4S/c1-13-11-15(21)7-8-17(13)26-14(2)20(24)25-12-19(23)22-9-3-5-16(22)18-6-4-10-27-18/h4,6-8,10-11,14,16H,3,5,9,12H2,1-2H3. The van der Waals surface area contributed by atoms with E-state index in [9.17, 15) is 9.59 Å². The Morgan fingerprint density at radius 3 is 2.89 bits per heavy atom. The van der Waals surface area contributed by atoms with Gasteiger partial charge in [-0.05, 0) is 61.9 Å². The Hall–Kier alpha value is -2.05. The Morgan fingerprint density at radius 2 is 2.19 bits per heavy atom. The predicted molar refractivity (Wildman–Crippen MR) is 105 cm³/mol. The Morgan fingerprint density at radius 1 is 1.37 bits per heavy atom. The molecule has 0 bridgehead atoms. The maximum absolute atomic E-state index is 12.5. The smallest absolute Gasteiger partial charge is 0.347 e. The summed E-state index contributed by atoms with van der Waals surface area (Å²) in [5.41, 5.74) is 0.828. The molecule has 1 amide bonds. The van der Waals surface area contributed by atoms with Gasteiger partial charge in [-0.15, -0.1) is 11.3 Å². The Kier molecular flexibility index (Phi) is 6.39. The highest BCUT2D eigenvalue weighted by Gasteiger charge is 2.31. The highest BCUT2D eigenvalue weighted by molar-refractivity contribution is 7.10. The normalized spacial score (nSPS) is 17.6. The van der Waals surface area contributed by atoms with Gasteiger partial charge in [0.05, 0.1) is 6.04 Å². The van der Waals surface area contributed by atoms with Crippen LogP contribution >= 0.6 is 22.9 Å². The second-order valence-corrected chi connectivity index (χ2v) is 7.95. The van der Waals surface area contributed by atoms with Crippen molar-refractivity contribution in [3.8, 4) is 5.75 Å². The molecule has 1 aliphatic rings. The molecule has 3 rings (SSSR count). The molecular formula is C20H22ClNO4S. The summed E-state index contributed by atoms with van der Waals surface area (Å²) in [6.07, 6.45) is 1.08. The number of hydrogen-bond donors (Lipinski definition) is 0. The number of benzene rings is 1. The first kappa shape index (κ1) is 19.7. The minimum absolute atomic E-state index is 0.0848. The number of ether oxygens (including phenoxy) is 2. The van der Waals surface area contributed by atoms with E-state index in [2.05, 4.69) is 0 Å². The van der Waals surface area contributed by atoms with Gasteiger partial charge in [-0.3, -0.25) is 4.79 Å². The second kappa shape index (κ2) is 8.76. The summed E-state index contributed by atoms with van der Waals surface area (Å²) in [4.78, 5) is 27.7. The number of hydrogen-bond acceptors (Lipinski definition) is 5. The number of esters is 1. The van der Waals surface area contributed by atoms with Crippen LogP contribution in [0.15, 0.2) is 35.7 Å². The van der Waals surface area contributed by atoms with Crippen molar-refractivity contribution in [2.45, 2.75) is 38.8 Å². The van der Waals surface area contributed by atoms with Gasteiger partial charge in [0.1, 0.15) is 5.75 Å². The number of thiophene rings is 1. The molecule has 1 fully saturated rings. The summed E-state index contributed by atoms with van der Waals surface area (Å²) in [6, 6.07) is 9.28. The molecule has 144 valence electrons. The summed E-state index contributed by atoms with van der Waals surface area (Å²) in [6.45, 7) is 3.87. The molecule has 0 radical (unpaired) electrons. The van der Waals surface area contributed by atoms with Crippen molar-refractivity contribution in [2.75, 3.05) is 13.2 Å². The van der Waals surface area contributed by atoms with Crippen LogP contribution in [0.3, 0.4) is 0 Å². The molecule has 2 unspecified atom stereocenters. The van der Waals surface area contributed by atoms with Crippen LogP contribution in [-0.4, -0.2) is 36.0 Å². The minimum Gasteiger partial charge on any atom is -0.479 e. The topological polar surface area (TPSA) is 55.8 Å². The van der Waals surface area contributed by atoms with Crippen LogP contribution in [0, 0.1) is 6.92 Å². The SMILES string of the molecule is Cc1cc(Cl)ccc1OC(C)C(=O)OCC(=O)N1CCCC1c1cccs1. The molecule has 1 saturated heterocycles. The third-order valence-electron chi connectivity index (χ3n) is 4.56. The second-order valence-electron chi connectivity index (χ2n) is 6.54. The van der Waals surface area contributed by atoms with E-state index in [0.29, 0.717) is 17.3 Å². The van der Waals surface area contributed by atoms with Gasteiger partial charge in [-0.2, -0.15) is 0 Å². The summed E-state index contributed by atoms with van der Waals surface area (Å²) >= 11 is 7.57. The molecule has 2 heterocycles. The summed E-state index contributed by atoms with van der Waals surface area (Å²) < 4.78 is 10.8. The number of rotatable bonds is 6. The van der Waals surface area contributed by atoms with Crippen molar-refractivity contribution in [2.24, 2.45) is 0 Å². The van der Waals surface area contributed by atoms with Crippen LogP contribution in [0.25, 0.3) is 0 Å². The molecule has 0 saturated carbocycles. The molecule has 27 heavy (non-hydrogen) atoms. The number of carbonyl (C=O) groups is 2. The van der Waals surface area contributed by atoms with Gasteiger partial charge in [-0.25, -0.2) is 4.79 Å². The van der Waals surface area contributed by atoms with Crippen molar-refractivity contribution >= 4 is 34.8 Å². The van der Waals surface area contributed by atoms with Crippen molar-refractivity contribution in [3.05, 3.63) is 51.2 Å². The van der Waals surface area contributed by atoms with Crippen LogP contribution in [0.4, 0.5) is 0 Å². The lowest BCUT2D eigenvalue weighted by Crippen LogP contribution is -2.36. The van der Waals surface area contributed by atoms with Crippen LogP contribution in [0.5, 0.6) is 5.75 Å². The van der Waals surface area contributed by atoms with Crippen molar-refractivity contribution in [1.29, 1.82) is 0 Å². The van der Waals surface area contributed by atoms with Gasteiger partial charge in [0, 0.05) is 16.4 Å². The number of aryl methyl sites for hydroxylation is 1. The lowest BCUT2D eigenvalue weighted by molar-refractivity contribution is -0.157. The van der Waals surface area contributed by atoms with Gasteiger partial charge >= 0.3 is 5.97 Å². The zero-order chi connectivity index (χ0) is 19.4. The molecular weight excluding hydrogens is 386 g/mol. The third-order valence-corrected chi connectivity index (χ3v) is 5.76. The quantitative estimate of drug-likeness (QED) is 0.666. The van der Waals surface area contributed by atoms with Gasteiger partial charge < -0.3 is 14.4 Å². The highest BCUT2D eigenvalue weighted by Crippen LogP contribution is 2.34. The Bertz CT molecular complexity index is 808. The zero-order valence-corrected chi connectivity index (χ0v) is 16.9. The molecule has 1 aliphatic heterocycles.